The Kier molecular flexibility index (Phi) is 6.33. The molecule has 2 aromatic rings. The molecule has 0 aromatic heterocycles. The Morgan fingerprint density at radius 2 is 1.87 bits per heavy atom. The maximum Gasteiger partial charge on any atom is 0.256 e. The number of carbonyl (C=O) groups excluding carboxylic acids is 2. The number of hydrogen-bond donors (Lipinski definition) is 2. The Morgan fingerprint density at radius 1 is 1.07 bits per heavy atom. The molecule has 1 fully saturated rings. The van der Waals surface area contributed by atoms with Gasteiger partial charge in [-0.15, -0.1) is 0 Å². The molecular formula is C24H30N4O2. The van der Waals surface area contributed by atoms with Gasteiger partial charge in [0.2, 0.25) is 0 Å². The van der Waals surface area contributed by atoms with Crippen LogP contribution in [0.25, 0.3) is 0 Å². The van der Waals surface area contributed by atoms with Gasteiger partial charge < -0.3 is 20.4 Å². The smallest absolute Gasteiger partial charge is 0.256 e. The minimum Gasteiger partial charge on any atom is -0.361 e. The minimum absolute atomic E-state index is 0.0563. The molecule has 0 bridgehead atoms. The predicted octanol–water partition coefficient (Wildman–Crippen LogP) is 3.49. The van der Waals surface area contributed by atoms with Crippen molar-refractivity contribution >= 4 is 17.5 Å². The lowest BCUT2D eigenvalue weighted by Gasteiger charge is -2.27. The lowest BCUT2D eigenvalue weighted by atomic mass is 10.1. The molecule has 0 unspecified atom stereocenters. The molecule has 2 amide bonds. The summed E-state index contributed by atoms with van der Waals surface area (Å²) in [4.78, 5) is 29.7. The van der Waals surface area contributed by atoms with Crippen LogP contribution in [0.15, 0.2) is 48.5 Å². The van der Waals surface area contributed by atoms with Gasteiger partial charge >= 0.3 is 0 Å². The number of benzene rings is 2. The molecule has 2 aliphatic rings. The van der Waals surface area contributed by atoms with Gasteiger partial charge in [0.1, 0.15) is 6.17 Å². The fourth-order valence-electron chi connectivity index (χ4n) is 4.34. The molecule has 0 spiro atoms. The van der Waals surface area contributed by atoms with E-state index in [0.29, 0.717) is 18.7 Å². The van der Waals surface area contributed by atoms with Crippen molar-refractivity contribution in [3.63, 3.8) is 0 Å². The number of carbonyl (C=O) groups is 2. The zero-order valence-electron chi connectivity index (χ0n) is 17.6. The number of anilines is 1. The van der Waals surface area contributed by atoms with Crippen LogP contribution in [0.5, 0.6) is 0 Å². The summed E-state index contributed by atoms with van der Waals surface area (Å²) >= 11 is 0. The molecule has 158 valence electrons. The van der Waals surface area contributed by atoms with Crippen LogP contribution in [0.2, 0.25) is 0 Å². The van der Waals surface area contributed by atoms with E-state index in [1.54, 1.807) is 0 Å². The maximum absolute atomic E-state index is 12.8. The Labute approximate surface area is 178 Å². The van der Waals surface area contributed by atoms with E-state index < -0.39 is 0 Å². The zero-order chi connectivity index (χ0) is 20.9. The molecule has 1 saturated heterocycles. The molecule has 6 heteroatoms. The van der Waals surface area contributed by atoms with Crippen molar-refractivity contribution in [1.82, 2.24) is 15.1 Å². The summed E-state index contributed by atoms with van der Waals surface area (Å²) in [5.74, 6) is -0.00748. The quantitative estimate of drug-likeness (QED) is 0.704. The number of amides is 2. The van der Waals surface area contributed by atoms with Crippen molar-refractivity contribution in [1.29, 1.82) is 0 Å². The third kappa shape index (κ3) is 4.33. The first-order chi connectivity index (χ1) is 14.7. The fraction of sp³-hybridized carbons (Fsp3) is 0.417. The van der Waals surface area contributed by atoms with Crippen LogP contribution in [-0.2, 0) is 0 Å². The molecule has 0 saturated carbocycles. The number of likely N-dealkylation sites (tertiary alicyclic amines) is 1. The topological polar surface area (TPSA) is 64.7 Å². The van der Waals surface area contributed by atoms with E-state index in [4.69, 9.17) is 0 Å². The fourth-order valence-corrected chi connectivity index (χ4v) is 4.34. The van der Waals surface area contributed by atoms with Crippen LogP contribution in [-0.4, -0.2) is 54.3 Å². The minimum atomic E-state index is -0.220. The number of fused-ring (bicyclic) bond motifs is 1. The molecule has 0 radical (unpaired) electrons. The first-order valence-electron chi connectivity index (χ1n) is 10.9. The van der Waals surface area contributed by atoms with Crippen molar-refractivity contribution in [2.45, 2.75) is 32.4 Å². The summed E-state index contributed by atoms with van der Waals surface area (Å²) < 4.78 is 0. The third-order valence-corrected chi connectivity index (χ3v) is 5.86. The van der Waals surface area contributed by atoms with Crippen molar-refractivity contribution in [3.05, 3.63) is 65.2 Å². The Balaban J connectivity index is 1.44. The molecule has 4 rings (SSSR count). The second-order valence-electron chi connectivity index (χ2n) is 8.02. The molecule has 0 aliphatic carbocycles. The SMILES string of the molecule is CCCN1C(=O)c2ccccc2[C@H]1Nc1cccc(C(=O)NCCN2CCCC2)c1. The largest absolute Gasteiger partial charge is 0.361 e. The van der Waals surface area contributed by atoms with Crippen molar-refractivity contribution < 1.29 is 9.59 Å². The third-order valence-electron chi connectivity index (χ3n) is 5.86. The molecule has 6 nitrogen and oxygen atoms in total. The van der Waals surface area contributed by atoms with E-state index in [9.17, 15) is 9.59 Å². The van der Waals surface area contributed by atoms with E-state index in [2.05, 4.69) is 22.5 Å². The van der Waals surface area contributed by atoms with E-state index in [-0.39, 0.29) is 18.0 Å². The first kappa shape index (κ1) is 20.4. The summed E-state index contributed by atoms with van der Waals surface area (Å²) in [5.41, 5.74) is 3.19. The van der Waals surface area contributed by atoms with E-state index in [1.807, 2.05) is 53.4 Å². The van der Waals surface area contributed by atoms with Gasteiger partial charge in [0.25, 0.3) is 11.8 Å². The highest BCUT2D eigenvalue weighted by atomic mass is 16.2. The zero-order valence-corrected chi connectivity index (χ0v) is 17.6. The highest BCUT2D eigenvalue weighted by Gasteiger charge is 2.35. The Hall–Kier alpha value is -2.86. The van der Waals surface area contributed by atoms with Crippen molar-refractivity contribution in [2.24, 2.45) is 0 Å². The summed E-state index contributed by atoms with van der Waals surface area (Å²) in [6.07, 6.45) is 3.17. The standard InChI is InChI=1S/C24H30N4O2/c1-2-13-28-22(20-10-3-4-11-21(20)24(28)30)26-19-9-7-8-18(17-19)23(29)25-12-16-27-14-5-6-15-27/h3-4,7-11,17,22,26H,2,5-6,12-16H2,1H3,(H,25,29)/t22-/m0/s1. The number of hydrogen-bond acceptors (Lipinski definition) is 4. The molecule has 2 N–H and O–H groups in total. The highest BCUT2D eigenvalue weighted by Crippen LogP contribution is 2.34. The van der Waals surface area contributed by atoms with Gasteiger partial charge in [0, 0.05) is 42.0 Å². The maximum atomic E-state index is 12.8. The summed E-state index contributed by atoms with van der Waals surface area (Å²) in [5, 5.41) is 6.50. The lowest BCUT2D eigenvalue weighted by Crippen LogP contribution is -2.34. The van der Waals surface area contributed by atoms with Crippen LogP contribution in [0.4, 0.5) is 5.69 Å². The van der Waals surface area contributed by atoms with Crippen LogP contribution in [0.3, 0.4) is 0 Å². The normalized spacial score (nSPS) is 18.5. The molecule has 2 aliphatic heterocycles. The number of rotatable bonds is 8. The highest BCUT2D eigenvalue weighted by molar-refractivity contribution is 5.99. The van der Waals surface area contributed by atoms with Crippen LogP contribution >= 0.6 is 0 Å². The van der Waals surface area contributed by atoms with Crippen LogP contribution in [0, 0.1) is 0 Å². The molecular weight excluding hydrogens is 376 g/mol. The molecule has 2 aromatic carbocycles. The number of nitrogens with one attached hydrogen (secondary N) is 2. The van der Waals surface area contributed by atoms with Gasteiger partial charge in [-0.25, -0.2) is 0 Å². The van der Waals surface area contributed by atoms with Crippen LogP contribution in [0.1, 0.15) is 58.6 Å². The monoisotopic (exact) mass is 406 g/mol. The summed E-state index contributed by atoms with van der Waals surface area (Å²) in [7, 11) is 0. The van der Waals surface area contributed by atoms with E-state index >= 15 is 0 Å². The lowest BCUT2D eigenvalue weighted by molar-refractivity contribution is 0.0742. The molecule has 1 atom stereocenters. The van der Waals surface area contributed by atoms with Gasteiger partial charge in [0.15, 0.2) is 0 Å². The Bertz CT molecular complexity index is 908. The Morgan fingerprint density at radius 3 is 2.67 bits per heavy atom. The van der Waals surface area contributed by atoms with Gasteiger partial charge in [-0.05, 0) is 56.6 Å². The second-order valence-corrected chi connectivity index (χ2v) is 8.02. The van der Waals surface area contributed by atoms with Gasteiger partial charge in [-0.1, -0.05) is 31.2 Å². The van der Waals surface area contributed by atoms with Crippen molar-refractivity contribution in [2.75, 3.05) is 38.0 Å². The van der Waals surface area contributed by atoms with Crippen molar-refractivity contribution in [3.8, 4) is 0 Å². The molecule has 2 heterocycles. The average molecular weight is 407 g/mol. The average Bonchev–Trinajstić information content (AvgIpc) is 3.37. The van der Waals surface area contributed by atoms with Gasteiger partial charge in [-0.2, -0.15) is 0 Å². The summed E-state index contributed by atoms with van der Waals surface area (Å²) in [6.45, 7) is 6.57. The van der Waals surface area contributed by atoms with Gasteiger partial charge in [-0.3, -0.25) is 9.59 Å². The van der Waals surface area contributed by atoms with E-state index in [1.165, 1.54) is 12.8 Å². The second kappa shape index (κ2) is 9.30. The predicted molar refractivity (Wildman–Crippen MR) is 119 cm³/mol. The summed E-state index contributed by atoms with van der Waals surface area (Å²) in [6, 6.07) is 15.2. The first-order valence-corrected chi connectivity index (χ1v) is 10.9. The van der Waals surface area contributed by atoms with Crippen LogP contribution < -0.4 is 10.6 Å². The molecule has 30 heavy (non-hydrogen) atoms. The van der Waals surface area contributed by atoms with Gasteiger partial charge in [0.05, 0.1) is 0 Å². The number of nitrogens with zero attached hydrogens (tertiary/aromatic N) is 2. The van der Waals surface area contributed by atoms with E-state index in [0.717, 1.165) is 42.9 Å².